The predicted octanol–water partition coefficient (Wildman–Crippen LogP) is 2.12. The van der Waals surface area contributed by atoms with E-state index < -0.39 is 0 Å². The van der Waals surface area contributed by atoms with Gasteiger partial charge in [0, 0.05) is 26.3 Å². The topological polar surface area (TPSA) is 24.5 Å². The average Bonchev–Trinajstić information content (AvgIpc) is 2.82. The van der Waals surface area contributed by atoms with Gasteiger partial charge >= 0.3 is 0 Å². The molecule has 106 valence electrons. The van der Waals surface area contributed by atoms with E-state index in [2.05, 4.69) is 24.1 Å². The average molecular weight is 254 g/mol. The van der Waals surface area contributed by atoms with Crippen LogP contribution in [0.3, 0.4) is 0 Å². The van der Waals surface area contributed by atoms with E-state index in [1.165, 1.54) is 51.9 Å². The lowest BCUT2D eigenvalue weighted by Crippen LogP contribution is -2.47. The number of rotatable bonds is 6. The Bertz CT molecular complexity index is 231. The molecule has 0 aromatic rings. The van der Waals surface area contributed by atoms with E-state index in [0.717, 1.165) is 25.7 Å². The fourth-order valence-corrected chi connectivity index (χ4v) is 3.24. The maximum Gasteiger partial charge on any atom is 0.0472 e. The number of likely N-dealkylation sites (tertiary alicyclic amines) is 1. The monoisotopic (exact) mass is 254 g/mol. The molecule has 0 atom stereocenters. The van der Waals surface area contributed by atoms with Crippen molar-refractivity contribution in [1.82, 2.24) is 10.2 Å². The summed E-state index contributed by atoms with van der Waals surface area (Å²) in [5, 5.41) is 3.69. The zero-order valence-corrected chi connectivity index (χ0v) is 12.2. The summed E-state index contributed by atoms with van der Waals surface area (Å²) in [5.74, 6) is 0.744. The van der Waals surface area contributed by atoms with Crippen LogP contribution in [0.5, 0.6) is 0 Å². The SMILES string of the molecule is CC(C)CNCC1(CN2CCCC2)CCOCC1. The van der Waals surface area contributed by atoms with Gasteiger partial charge in [0.1, 0.15) is 0 Å². The van der Waals surface area contributed by atoms with Gasteiger partial charge in [0.15, 0.2) is 0 Å². The fraction of sp³-hybridized carbons (Fsp3) is 1.00. The second kappa shape index (κ2) is 6.88. The molecule has 0 spiro atoms. The number of ether oxygens (including phenoxy) is 1. The third-order valence-corrected chi connectivity index (χ3v) is 4.36. The summed E-state index contributed by atoms with van der Waals surface area (Å²) in [4.78, 5) is 2.67. The Kier molecular flexibility index (Phi) is 5.46. The molecule has 0 aromatic carbocycles. The molecule has 3 nitrogen and oxygen atoms in total. The molecule has 2 aliphatic rings. The highest BCUT2D eigenvalue weighted by Gasteiger charge is 2.34. The zero-order valence-electron chi connectivity index (χ0n) is 12.2. The highest BCUT2D eigenvalue weighted by atomic mass is 16.5. The van der Waals surface area contributed by atoms with Gasteiger partial charge in [-0.25, -0.2) is 0 Å². The van der Waals surface area contributed by atoms with E-state index in [4.69, 9.17) is 4.74 Å². The van der Waals surface area contributed by atoms with Crippen molar-refractivity contribution in [2.24, 2.45) is 11.3 Å². The minimum atomic E-state index is 0.470. The summed E-state index contributed by atoms with van der Waals surface area (Å²) >= 11 is 0. The van der Waals surface area contributed by atoms with Crippen LogP contribution in [-0.4, -0.2) is 50.8 Å². The Morgan fingerprint density at radius 1 is 1.17 bits per heavy atom. The summed E-state index contributed by atoms with van der Waals surface area (Å²) in [7, 11) is 0. The Hall–Kier alpha value is -0.120. The first-order chi connectivity index (χ1) is 8.70. The Labute approximate surface area is 112 Å². The third-order valence-electron chi connectivity index (χ3n) is 4.36. The van der Waals surface area contributed by atoms with Gasteiger partial charge in [0.25, 0.3) is 0 Å². The molecule has 0 aliphatic carbocycles. The van der Waals surface area contributed by atoms with Gasteiger partial charge in [0.05, 0.1) is 0 Å². The van der Waals surface area contributed by atoms with Gasteiger partial charge in [-0.2, -0.15) is 0 Å². The highest BCUT2D eigenvalue weighted by Crippen LogP contribution is 2.32. The lowest BCUT2D eigenvalue weighted by atomic mass is 9.79. The number of hydrogen-bond donors (Lipinski definition) is 1. The molecule has 0 unspecified atom stereocenters. The smallest absolute Gasteiger partial charge is 0.0472 e. The Morgan fingerprint density at radius 3 is 2.44 bits per heavy atom. The second-order valence-corrected chi connectivity index (χ2v) is 6.62. The van der Waals surface area contributed by atoms with Crippen LogP contribution in [0, 0.1) is 11.3 Å². The highest BCUT2D eigenvalue weighted by molar-refractivity contribution is 4.88. The minimum Gasteiger partial charge on any atom is -0.381 e. The molecule has 3 heteroatoms. The molecule has 2 saturated heterocycles. The summed E-state index contributed by atoms with van der Waals surface area (Å²) in [5.41, 5.74) is 0.470. The molecule has 2 rings (SSSR count). The number of hydrogen-bond acceptors (Lipinski definition) is 3. The molecule has 2 heterocycles. The van der Waals surface area contributed by atoms with E-state index in [1.54, 1.807) is 0 Å². The van der Waals surface area contributed by atoms with Gasteiger partial charge in [-0.1, -0.05) is 13.8 Å². The van der Waals surface area contributed by atoms with Crippen molar-refractivity contribution in [3.8, 4) is 0 Å². The Morgan fingerprint density at radius 2 is 1.83 bits per heavy atom. The van der Waals surface area contributed by atoms with Crippen LogP contribution < -0.4 is 5.32 Å². The van der Waals surface area contributed by atoms with Gasteiger partial charge in [-0.05, 0) is 56.7 Å². The van der Waals surface area contributed by atoms with Crippen molar-refractivity contribution in [1.29, 1.82) is 0 Å². The standard InChI is InChI=1S/C15H30N2O/c1-14(2)11-16-12-15(5-9-18-10-6-15)13-17-7-3-4-8-17/h14,16H,3-13H2,1-2H3. The third kappa shape index (κ3) is 4.22. The maximum atomic E-state index is 5.57. The molecule has 1 N–H and O–H groups in total. The van der Waals surface area contributed by atoms with Crippen molar-refractivity contribution in [3.05, 3.63) is 0 Å². The number of nitrogens with one attached hydrogen (secondary N) is 1. The van der Waals surface area contributed by atoms with Crippen LogP contribution in [0.2, 0.25) is 0 Å². The first-order valence-corrected chi connectivity index (χ1v) is 7.71. The lowest BCUT2D eigenvalue weighted by Gasteiger charge is -2.40. The van der Waals surface area contributed by atoms with Crippen LogP contribution in [-0.2, 0) is 4.74 Å². The van der Waals surface area contributed by atoms with Gasteiger partial charge < -0.3 is 15.0 Å². The molecule has 2 fully saturated rings. The molecule has 2 aliphatic heterocycles. The first-order valence-electron chi connectivity index (χ1n) is 7.71. The molecular formula is C15H30N2O. The van der Waals surface area contributed by atoms with E-state index in [9.17, 15) is 0 Å². The normalized spacial score (nSPS) is 24.8. The van der Waals surface area contributed by atoms with Gasteiger partial charge in [-0.3, -0.25) is 0 Å². The first kappa shape index (κ1) is 14.3. The van der Waals surface area contributed by atoms with Crippen molar-refractivity contribution in [2.45, 2.75) is 39.5 Å². The quantitative estimate of drug-likeness (QED) is 0.786. The van der Waals surface area contributed by atoms with Crippen LogP contribution in [0.15, 0.2) is 0 Å². The summed E-state index contributed by atoms with van der Waals surface area (Å²) in [6.45, 7) is 12.7. The summed E-state index contributed by atoms with van der Waals surface area (Å²) < 4.78 is 5.57. The van der Waals surface area contributed by atoms with Crippen molar-refractivity contribution >= 4 is 0 Å². The largest absolute Gasteiger partial charge is 0.381 e. The van der Waals surface area contributed by atoms with Gasteiger partial charge in [-0.15, -0.1) is 0 Å². The lowest BCUT2D eigenvalue weighted by molar-refractivity contribution is -0.00116. The van der Waals surface area contributed by atoms with Crippen LogP contribution in [0.1, 0.15) is 39.5 Å². The van der Waals surface area contributed by atoms with E-state index in [-0.39, 0.29) is 0 Å². The molecule has 18 heavy (non-hydrogen) atoms. The summed E-state index contributed by atoms with van der Waals surface area (Å²) in [6.07, 6.45) is 5.25. The van der Waals surface area contributed by atoms with Crippen molar-refractivity contribution in [3.63, 3.8) is 0 Å². The molecular weight excluding hydrogens is 224 g/mol. The molecule has 0 amide bonds. The van der Waals surface area contributed by atoms with Gasteiger partial charge in [0.2, 0.25) is 0 Å². The van der Waals surface area contributed by atoms with Crippen LogP contribution >= 0.6 is 0 Å². The molecule has 0 radical (unpaired) electrons. The van der Waals surface area contributed by atoms with Crippen LogP contribution in [0.25, 0.3) is 0 Å². The number of nitrogens with zero attached hydrogens (tertiary/aromatic N) is 1. The van der Waals surface area contributed by atoms with E-state index >= 15 is 0 Å². The van der Waals surface area contributed by atoms with Crippen LogP contribution in [0.4, 0.5) is 0 Å². The molecule has 0 bridgehead atoms. The Balaban J connectivity index is 1.84. The van der Waals surface area contributed by atoms with E-state index in [0.29, 0.717) is 5.41 Å². The second-order valence-electron chi connectivity index (χ2n) is 6.62. The van der Waals surface area contributed by atoms with Crippen molar-refractivity contribution in [2.75, 3.05) is 45.9 Å². The minimum absolute atomic E-state index is 0.470. The maximum absolute atomic E-state index is 5.57. The molecule has 0 saturated carbocycles. The van der Waals surface area contributed by atoms with E-state index in [1.807, 2.05) is 0 Å². The zero-order chi connectivity index (χ0) is 12.8. The fourth-order valence-electron chi connectivity index (χ4n) is 3.24. The van der Waals surface area contributed by atoms with Crippen molar-refractivity contribution < 1.29 is 4.74 Å². The predicted molar refractivity (Wildman–Crippen MR) is 75.9 cm³/mol. The molecule has 0 aromatic heterocycles. The summed E-state index contributed by atoms with van der Waals surface area (Å²) in [6, 6.07) is 0.